The molecule has 16 heavy (non-hydrogen) atoms. The Morgan fingerprint density at radius 1 is 1.44 bits per heavy atom. The van der Waals surface area contributed by atoms with Crippen molar-refractivity contribution in [2.45, 2.75) is 4.75 Å². The highest BCUT2D eigenvalue weighted by molar-refractivity contribution is 8.00. The van der Waals surface area contributed by atoms with E-state index in [2.05, 4.69) is 0 Å². The Morgan fingerprint density at radius 3 is 2.75 bits per heavy atom. The highest BCUT2D eigenvalue weighted by Gasteiger charge is 2.49. The molecule has 2 rings (SSSR count). The second kappa shape index (κ2) is 4.11. The molecule has 3 nitrogen and oxygen atoms in total. The molecule has 0 radical (unpaired) electrons. The fraction of sp³-hybridized carbons (Fsp3) is 0.417. The van der Waals surface area contributed by atoms with Crippen LogP contribution in [0.2, 0.25) is 0 Å². The maximum Gasteiger partial charge on any atom is 0.249 e. The Balaban J connectivity index is 2.58. The predicted molar refractivity (Wildman–Crippen MR) is 66.9 cm³/mol. The number of benzene rings is 1. The third-order valence-corrected chi connectivity index (χ3v) is 4.26. The first-order valence-electron chi connectivity index (χ1n) is 5.09. The number of thioether (sulfide) groups is 1. The average Bonchev–Trinajstić information content (AvgIpc) is 2.53. The molecular weight excluding hydrogens is 222 g/mol. The Morgan fingerprint density at radius 2 is 2.12 bits per heavy atom. The van der Waals surface area contributed by atoms with Gasteiger partial charge in [0.1, 0.15) is 4.75 Å². The van der Waals surface area contributed by atoms with E-state index in [9.17, 15) is 4.79 Å². The SMILES string of the molecule is COC[C@@]1(SC)C(=O)N(C)c2ccccc21. The number of ether oxygens (including phenoxy) is 1. The van der Waals surface area contributed by atoms with Crippen molar-refractivity contribution in [3.63, 3.8) is 0 Å². The van der Waals surface area contributed by atoms with Crippen LogP contribution in [0.5, 0.6) is 0 Å². The highest BCUT2D eigenvalue weighted by Crippen LogP contribution is 2.47. The summed E-state index contributed by atoms with van der Waals surface area (Å²) in [5.74, 6) is 0.100. The number of hydrogen-bond acceptors (Lipinski definition) is 3. The Labute approximate surface area is 99.8 Å². The molecule has 1 aromatic carbocycles. The number of fused-ring (bicyclic) bond motifs is 1. The average molecular weight is 237 g/mol. The van der Waals surface area contributed by atoms with Crippen LogP contribution in [0.1, 0.15) is 5.56 Å². The summed E-state index contributed by atoms with van der Waals surface area (Å²) in [4.78, 5) is 14.0. The van der Waals surface area contributed by atoms with E-state index in [0.717, 1.165) is 11.3 Å². The van der Waals surface area contributed by atoms with Crippen molar-refractivity contribution in [2.75, 3.05) is 31.9 Å². The van der Waals surface area contributed by atoms with E-state index >= 15 is 0 Å². The van der Waals surface area contributed by atoms with Crippen LogP contribution in [0.15, 0.2) is 24.3 Å². The van der Waals surface area contributed by atoms with Crippen LogP contribution in [-0.2, 0) is 14.3 Å². The molecule has 0 saturated carbocycles. The maximum atomic E-state index is 12.3. The first kappa shape index (κ1) is 11.5. The van der Waals surface area contributed by atoms with Crippen molar-refractivity contribution in [1.82, 2.24) is 0 Å². The zero-order valence-electron chi connectivity index (χ0n) is 9.69. The van der Waals surface area contributed by atoms with Crippen LogP contribution >= 0.6 is 11.8 Å². The third-order valence-electron chi connectivity index (χ3n) is 3.05. The molecule has 86 valence electrons. The van der Waals surface area contributed by atoms with Crippen molar-refractivity contribution in [3.05, 3.63) is 29.8 Å². The van der Waals surface area contributed by atoms with Crippen LogP contribution in [0, 0.1) is 0 Å². The van der Waals surface area contributed by atoms with Crippen LogP contribution in [0.25, 0.3) is 0 Å². The molecule has 1 heterocycles. The van der Waals surface area contributed by atoms with Crippen molar-refractivity contribution in [1.29, 1.82) is 0 Å². The van der Waals surface area contributed by atoms with Gasteiger partial charge in [-0.1, -0.05) is 18.2 Å². The number of amides is 1. The summed E-state index contributed by atoms with van der Waals surface area (Å²) in [6.45, 7) is 0.411. The smallest absolute Gasteiger partial charge is 0.249 e. The van der Waals surface area contributed by atoms with Gasteiger partial charge in [-0.15, -0.1) is 11.8 Å². The van der Waals surface area contributed by atoms with Gasteiger partial charge in [-0.25, -0.2) is 0 Å². The lowest BCUT2D eigenvalue weighted by Crippen LogP contribution is -2.39. The molecule has 1 amide bonds. The zero-order chi connectivity index (χ0) is 11.8. The highest BCUT2D eigenvalue weighted by atomic mass is 32.2. The number of nitrogens with zero attached hydrogens (tertiary/aromatic N) is 1. The zero-order valence-corrected chi connectivity index (χ0v) is 10.5. The normalized spacial score (nSPS) is 23.7. The van der Waals surface area contributed by atoms with Gasteiger partial charge in [-0.2, -0.15) is 0 Å². The van der Waals surface area contributed by atoms with E-state index in [1.807, 2.05) is 37.6 Å². The monoisotopic (exact) mass is 237 g/mol. The lowest BCUT2D eigenvalue weighted by Gasteiger charge is -2.24. The summed E-state index contributed by atoms with van der Waals surface area (Å²) in [6.07, 6.45) is 1.95. The number of carbonyl (C=O) groups excluding carboxylic acids is 1. The molecule has 0 bridgehead atoms. The number of methoxy groups -OCH3 is 1. The van der Waals surface area contributed by atoms with E-state index < -0.39 is 4.75 Å². The second-order valence-corrected chi connectivity index (χ2v) is 4.95. The fourth-order valence-electron chi connectivity index (χ4n) is 2.20. The summed E-state index contributed by atoms with van der Waals surface area (Å²) < 4.78 is 4.66. The summed E-state index contributed by atoms with van der Waals surface area (Å²) in [5.41, 5.74) is 2.04. The fourth-order valence-corrected chi connectivity index (χ4v) is 3.14. The van der Waals surface area contributed by atoms with Gasteiger partial charge in [0.05, 0.1) is 6.61 Å². The molecule has 0 unspecified atom stereocenters. The van der Waals surface area contributed by atoms with Gasteiger partial charge in [0.25, 0.3) is 0 Å². The van der Waals surface area contributed by atoms with Gasteiger partial charge in [0, 0.05) is 25.4 Å². The second-order valence-electron chi connectivity index (χ2n) is 3.85. The standard InChI is InChI=1S/C12H15NO2S/c1-13-10-7-5-4-6-9(10)12(16-3,8-15-2)11(13)14/h4-7H,8H2,1-3H3/t12-/m0/s1. The molecule has 1 aliphatic heterocycles. The quantitative estimate of drug-likeness (QED) is 0.803. The minimum Gasteiger partial charge on any atom is -0.382 e. The van der Waals surface area contributed by atoms with Gasteiger partial charge in [0.15, 0.2) is 0 Å². The largest absolute Gasteiger partial charge is 0.382 e. The molecular formula is C12H15NO2S. The molecule has 0 fully saturated rings. The van der Waals surface area contributed by atoms with Gasteiger partial charge in [-0.3, -0.25) is 4.79 Å². The van der Waals surface area contributed by atoms with E-state index in [4.69, 9.17) is 4.74 Å². The van der Waals surface area contributed by atoms with E-state index in [-0.39, 0.29) is 5.91 Å². The molecule has 0 N–H and O–H groups in total. The molecule has 0 saturated heterocycles. The minimum atomic E-state index is -0.569. The Bertz CT molecular complexity index is 421. The van der Waals surface area contributed by atoms with Gasteiger partial charge >= 0.3 is 0 Å². The third kappa shape index (κ3) is 1.37. The van der Waals surface area contributed by atoms with Crippen LogP contribution in [0.4, 0.5) is 5.69 Å². The van der Waals surface area contributed by atoms with Crippen molar-refractivity contribution >= 4 is 23.4 Å². The van der Waals surface area contributed by atoms with Crippen LogP contribution in [0.3, 0.4) is 0 Å². The summed E-state index contributed by atoms with van der Waals surface area (Å²) >= 11 is 1.54. The Hall–Kier alpha value is -1.00. The predicted octanol–water partition coefficient (Wildman–Crippen LogP) is 1.87. The number of hydrogen-bond donors (Lipinski definition) is 0. The number of rotatable bonds is 3. The maximum absolute atomic E-state index is 12.3. The first-order chi connectivity index (χ1) is 7.67. The van der Waals surface area contributed by atoms with Gasteiger partial charge < -0.3 is 9.64 Å². The molecule has 0 spiro atoms. The van der Waals surface area contributed by atoms with Crippen molar-refractivity contribution in [3.8, 4) is 0 Å². The molecule has 1 aromatic rings. The summed E-state index contributed by atoms with van der Waals surface area (Å²) in [7, 11) is 3.45. The lowest BCUT2D eigenvalue weighted by molar-refractivity contribution is -0.121. The molecule has 1 aliphatic rings. The number of para-hydroxylation sites is 1. The van der Waals surface area contributed by atoms with Crippen molar-refractivity contribution < 1.29 is 9.53 Å². The van der Waals surface area contributed by atoms with Crippen LogP contribution < -0.4 is 4.90 Å². The van der Waals surface area contributed by atoms with Crippen LogP contribution in [-0.4, -0.2) is 32.9 Å². The number of likely N-dealkylation sites (N-methyl/N-ethyl adjacent to an activating group) is 1. The van der Waals surface area contributed by atoms with E-state index in [1.165, 1.54) is 0 Å². The molecule has 1 atom stereocenters. The minimum absolute atomic E-state index is 0.100. The van der Waals surface area contributed by atoms with Crippen molar-refractivity contribution in [2.24, 2.45) is 0 Å². The lowest BCUT2D eigenvalue weighted by atomic mass is 10.0. The summed E-state index contributed by atoms with van der Waals surface area (Å²) in [6, 6.07) is 7.89. The van der Waals surface area contributed by atoms with Gasteiger partial charge in [-0.05, 0) is 12.3 Å². The molecule has 4 heteroatoms. The number of carbonyl (C=O) groups is 1. The summed E-state index contributed by atoms with van der Waals surface area (Å²) in [5, 5.41) is 0. The van der Waals surface area contributed by atoms with Gasteiger partial charge in [0.2, 0.25) is 5.91 Å². The number of anilines is 1. The topological polar surface area (TPSA) is 29.5 Å². The molecule has 0 aromatic heterocycles. The first-order valence-corrected chi connectivity index (χ1v) is 6.31. The van der Waals surface area contributed by atoms with E-state index in [1.54, 1.807) is 23.8 Å². The van der Waals surface area contributed by atoms with E-state index in [0.29, 0.717) is 6.61 Å². The Kier molecular flexibility index (Phi) is 2.95. The molecule has 0 aliphatic carbocycles.